The molecule has 19 heavy (non-hydrogen) atoms. The molecule has 0 fully saturated rings. The second kappa shape index (κ2) is 5.10. The third kappa shape index (κ3) is 2.42. The lowest BCUT2D eigenvalue weighted by molar-refractivity contribution is 0.0694. The fraction of sp³-hybridized carbons (Fsp3) is 0.200. The van der Waals surface area contributed by atoms with Crippen LogP contribution >= 0.6 is 0 Å². The number of nitrogens with zero attached hydrogens (tertiary/aromatic N) is 1. The molecule has 98 valence electrons. The number of benzene rings is 1. The van der Waals surface area contributed by atoms with Gasteiger partial charge in [-0.05, 0) is 31.5 Å². The van der Waals surface area contributed by atoms with E-state index < -0.39 is 11.5 Å². The Hall–Kier alpha value is -2.36. The summed E-state index contributed by atoms with van der Waals surface area (Å²) in [5.74, 6) is -1.20. The third-order valence-corrected chi connectivity index (χ3v) is 3.22. The van der Waals surface area contributed by atoms with Crippen molar-refractivity contribution in [1.29, 1.82) is 0 Å². The lowest BCUT2D eigenvalue weighted by Gasteiger charge is -2.19. The molecule has 0 radical (unpaired) electrons. The first-order valence-corrected chi connectivity index (χ1v) is 6.02. The highest BCUT2D eigenvalue weighted by Gasteiger charge is 2.17. The van der Waals surface area contributed by atoms with Gasteiger partial charge in [-0.1, -0.05) is 30.3 Å². The maximum Gasteiger partial charge on any atom is 0.341 e. The van der Waals surface area contributed by atoms with Crippen LogP contribution in [0.15, 0.2) is 47.3 Å². The van der Waals surface area contributed by atoms with Gasteiger partial charge in [0.05, 0.1) is 6.04 Å². The molecule has 1 aromatic heterocycles. The fourth-order valence-electron chi connectivity index (χ4n) is 2.17. The van der Waals surface area contributed by atoms with Crippen LogP contribution < -0.4 is 5.56 Å². The number of aromatic carboxylic acids is 1. The molecule has 0 bridgehead atoms. The number of aryl methyl sites for hydroxylation is 1. The minimum Gasteiger partial charge on any atom is -0.477 e. The minimum atomic E-state index is -1.20. The van der Waals surface area contributed by atoms with E-state index in [1.165, 1.54) is 10.6 Å². The Morgan fingerprint density at radius 2 is 1.79 bits per heavy atom. The zero-order chi connectivity index (χ0) is 14.0. The van der Waals surface area contributed by atoms with Gasteiger partial charge in [-0.15, -0.1) is 0 Å². The lowest BCUT2D eigenvalue weighted by atomic mass is 10.1. The van der Waals surface area contributed by atoms with E-state index in [4.69, 9.17) is 5.11 Å². The Bertz CT molecular complexity index is 659. The van der Waals surface area contributed by atoms with Crippen LogP contribution in [0, 0.1) is 6.92 Å². The largest absolute Gasteiger partial charge is 0.477 e. The number of carboxylic acids is 1. The monoisotopic (exact) mass is 257 g/mol. The number of hydrogen-bond acceptors (Lipinski definition) is 2. The normalized spacial score (nSPS) is 12.1. The van der Waals surface area contributed by atoms with Gasteiger partial charge in [0, 0.05) is 5.69 Å². The van der Waals surface area contributed by atoms with Gasteiger partial charge >= 0.3 is 5.97 Å². The molecule has 1 unspecified atom stereocenters. The minimum absolute atomic E-state index is 0.201. The van der Waals surface area contributed by atoms with Crippen molar-refractivity contribution in [2.24, 2.45) is 0 Å². The first-order valence-electron chi connectivity index (χ1n) is 6.02. The van der Waals surface area contributed by atoms with Crippen molar-refractivity contribution >= 4 is 5.97 Å². The van der Waals surface area contributed by atoms with E-state index in [1.54, 1.807) is 13.0 Å². The molecule has 0 saturated carbocycles. The van der Waals surface area contributed by atoms with E-state index in [9.17, 15) is 9.59 Å². The van der Waals surface area contributed by atoms with E-state index in [1.807, 2.05) is 37.3 Å². The maximum atomic E-state index is 12.2. The maximum absolute atomic E-state index is 12.2. The third-order valence-electron chi connectivity index (χ3n) is 3.22. The first-order chi connectivity index (χ1) is 9.02. The van der Waals surface area contributed by atoms with Crippen molar-refractivity contribution < 1.29 is 9.90 Å². The van der Waals surface area contributed by atoms with Crippen molar-refractivity contribution in [2.75, 3.05) is 0 Å². The number of carboxylic acid groups (broad SMARTS) is 1. The summed E-state index contributed by atoms with van der Waals surface area (Å²) in [6.45, 7) is 3.68. The number of carbonyl (C=O) groups is 1. The van der Waals surface area contributed by atoms with E-state index >= 15 is 0 Å². The van der Waals surface area contributed by atoms with Crippen LogP contribution in [0.25, 0.3) is 0 Å². The van der Waals surface area contributed by atoms with Crippen LogP contribution in [0.5, 0.6) is 0 Å². The average molecular weight is 257 g/mol. The molecule has 0 aliphatic carbocycles. The molecule has 1 aromatic carbocycles. The smallest absolute Gasteiger partial charge is 0.341 e. The van der Waals surface area contributed by atoms with Crippen LogP contribution in [0.4, 0.5) is 0 Å². The van der Waals surface area contributed by atoms with E-state index in [0.29, 0.717) is 0 Å². The zero-order valence-corrected chi connectivity index (χ0v) is 10.8. The van der Waals surface area contributed by atoms with Gasteiger partial charge in [0.1, 0.15) is 5.56 Å². The molecule has 2 aromatic rings. The van der Waals surface area contributed by atoms with Gasteiger partial charge < -0.3 is 9.67 Å². The van der Waals surface area contributed by atoms with Gasteiger partial charge in [0.2, 0.25) is 0 Å². The van der Waals surface area contributed by atoms with Gasteiger partial charge in [-0.2, -0.15) is 0 Å². The lowest BCUT2D eigenvalue weighted by Crippen LogP contribution is -2.30. The summed E-state index contributed by atoms with van der Waals surface area (Å²) < 4.78 is 1.51. The molecule has 4 nitrogen and oxygen atoms in total. The highest BCUT2D eigenvalue weighted by molar-refractivity contribution is 5.87. The average Bonchev–Trinajstić information content (AvgIpc) is 2.39. The zero-order valence-electron chi connectivity index (χ0n) is 10.8. The Kier molecular flexibility index (Phi) is 3.51. The summed E-state index contributed by atoms with van der Waals surface area (Å²) in [5.41, 5.74) is 1.04. The summed E-state index contributed by atoms with van der Waals surface area (Å²) in [4.78, 5) is 23.3. The summed E-state index contributed by atoms with van der Waals surface area (Å²) in [5, 5.41) is 9.02. The first kappa shape index (κ1) is 13.1. The number of hydrogen-bond donors (Lipinski definition) is 1. The molecule has 1 N–H and O–H groups in total. The SMILES string of the molecule is Cc1ccc(C(=O)O)c(=O)n1C(C)c1ccccc1. The number of rotatable bonds is 3. The van der Waals surface area contributed by atoms with Crippen molar-refractivity contribution in [1.82, 2.24) is 4.57 Å². The summed E-state index contributed by atoms with van der Waals surface area (Å²) in [6.07, 6.45) is 0. The quantitative estimate of drug-likeness (QED) is 0.918. The van der Waals surface area contributed by atoms with E-state index in [-0.39, 0.29) is 11.6 Å². The Morgan fingerprint density at radius 1 is 1.16 bits per heavy atom. The van der Waals surface area contributed by atoms with Crippen LogP contribution in [-0.2, 0) is 0 Å². The Morgan fingerprint density at radius 3 is 2.37 bits per heavy atom. The fourth-order valence-corrected chi connectivity index (χ4v) is 2.17. The van der Waals surface area contributed by atoms with Crippen LogP contribution in [0.3, 0.4) is 0 Å². The predicted molar refractivity (Wildman–Crippen MR) is 72.7 cm³/mol. The highest BCUT2D eigenvalue weighted by atomic mass is 16.4. The number of aromatic nitrogens is 1. The summed E-state index contributed by atoms with van der Waals surface area (Å²) in [7, 11) is 0. The molecular weight excluding hydrogens is 242 g/mol. The van der Waals surface area contributed by atoms with Crippen LogP contribution in [-0.4, -0.2) is 15.6 Å². The Balaban J connectivity index is 2.60. The van der Waals surface area contributed by atoms with Gasteiger partial charge in [0.15, 0.2) is 0 Å². The van der Waals surface area contributed by atoms with Crippen LogP contribution in [0.2, 0.25) is 0 Å². The Labute approximate surface area is 110 Å². The molecule has 4 heteroatoms. The van der Waals surface area contributed by atoms with Crippen molar-refractivity contribution in [3.63, 3.8) is 0 Å². The van der Waals surface area contributed by atoms with Crippen molar-refractivity contribution in [3.8, 4) is 0 Å². The molecule has 1 heterocycles. The molecule has 0 aliphatic rings. The van der Waals surface area contributed by atoms with Gasteiger partial charge in [-0.3, -0.25) is 4.79 Å². The molecule has 0 saturated heterocycles. The molecule has 0 spiro atoms. The van der Waals surface area contributed by atoms with Crippen molar-refractivity contribution in [2.45, 2.75) is 19.9 Å². The molecule has 2 rings (SSSR count). The number of pyridine rings is 1. The van der Waals surface area contributed by atoms with Gasteiger partial charge in [0.25, 0.3) is 5.56 Å². The second-order valence-corrected chi connectivity index (χ2v) is 4.46. The summed E-state index contributed by atoms with van der Waals surface area (Å²) in [6, 6.07) is 12.3. The van der Waals surface area contributed by atoms with Crippen LogP contribution in [0.1, 0.15) is 34.6 Å². The molecule has 1 atom stereocenters. The second-order valence-electron chi connectivity index (χ2n) is 4.46. The molecular formula is C15H15NO3. The molecule has 0 amide bonds. The topological polar surface area (TPSA) is 59.3 Å². The van der Waals surface area contributed by atoms with Gasteiger partial charge in [-0.25, -0.2) is 4.79 Å². The molecule has 0 aliphatic heterocycles. The summed E-state index contributed by atoms with van der Waals surface area (Å²) >= 11 is 0. The highest BCUT2D eigenvalue weighted by Crippen LogP contribution is 2.17. The predicted octanol–water partition coefficient (Wildman–Crippen LogP) is 2.46. The van der Waals surface area contributed by atoms with E-state index in [2.05, 4.69) is 0 Å². The van der Waals surface area contributed by atoms with Crippen molar-refractivity contribution in [3.05, 3.63) is 69.6 Å². The van der Waals surface area contributed by atoms with E-state index in [0.717, 1.165) is 11.3 Å². The standard InChI is InChI=1S/C15H15NO3/c1-10-8-9-13(15(18)19)14(17)16(10)11(2)12-6-4-3-5-7-12/h3-9,11H,1-2H3,(H,18,19).